The van der Waals surface area contributed by atoms with E-state index in [1.54, 1.807) is 7.11 Å². The monoisotopic (exact) mass is 304 g/mol. The van der Waals surface area contributed by atoms with Crippen LogP contribution in [0.3, 0.4) is 0 Å². The lowest BCUT2D eigenvalue weighted by molar-refractivity contribution is 0.146. The smallest absolute Gasteiger partial charge is 0.119 e. The topological polar surface area (TPSA) is 18.5 Å². The van der Waals surface area contributed by atoms with Gasteiger partial charge >= 0.3 is 0 Å². The number of hydrogen-bond acceptors (Lipinski definition) is 2. The molecule has 0 saturated heterocycles. The molecule has 2 rings (SSSR count). The Morgan fingerprint density at radius 1 is 0.955 bits per heavy atom. The summed E-state index contributed by atoms with van der Waals surface area (Å²) >= 11 is 0. The third kappa shape index (κ3) is 5.64. The maximum atomic E-state index is 5.64. The highest BCUT2D eigenvalue weighted by atomic mass is 16.5. The Bertz CT molecular complexity index is 391. The molecule has 0 atom stereocenters. The maximum Gasteiger partial charge on any atom is 0.119 e. The van der Waals surface area contributed by atoms with Gasteiger partial charge in [0.25, 0.3) is 0 Å². The molecular weight excluding hydrogens is 272 g/mol. The number of hydrogen-bond donors (Lipinski definition) is 0. The number of ether oxygens (including phenoxy) is 2. The summed E-state index contributed by atoms with van der Waals surface area (Å²) < 4.78 is 10.6. The molecule has 1 saturated carbocycles. The van der Waals surface area contributed by atoms with Gasteiger partial charge in [0.1, 0.15) is 12.4 Å². The molecule has 1 fully saturated rings. The van der Waals surface area contributed by atoms with Crippen LogP contribution in [-0.2, 0) is 4.74 Å². The Morgan fingerprint density at radius 3 is 2.32 bits per heavy atom. The molecule has 0 aliphatic heterocycles. The lowest BCUT2D eigenvalue weighted by atomic mass is 9.77. The first-order valence-electron chi connectivity index (χ1n) is 9.05. The number of methoxy groups -OCH3 is 1. The molecule has 0 radical (unpaired) electrons. The van der Waals surface area contributed by atoms with Crippen molar-refractivity contribution in [2.45, 2.75) is 64.2 Å². The Hall–Kier alpha value is -1.02. The van der Waals surface area contributed by atoms with Gasteiger partial charge in [-0.05, 0) is 55.2 Å². The van der Waals surface area contributed by atoms with E-state index in [-0.39, 0.29) is 0 Å². The molecule has 2 nitrogen and oxygen atoms in total. The van der Waals surface area contributed by atoms with E-state index in [0.717, 1.165) is 17.6 Å². The highest BCUT2D eigenvalue weighted by Gasteiger charge is 2.21. The van der Waals surface area contributed by atoms with E-state index >= 15 is 0 Å². The molecule has 124 valence electrons. The molecule has 0 heterocycles. The van der Waals surface area contributed by atoms with Crippen LogP contribution in [0.25, 0.3) is 0 Å². The molecule has 1 aromatic rings. The fourth-order valence-electron chi connectivity index (χ4n) is 3.55. The van der Waals surface area contributed by atoms with Crippen molar-refractivity contribution in [1.82, 2.24) is 0 Å². The minimum Gasteiger partial charge on any atom is -0.491 e. The minimum absolute atomic E-state index is 0.624. The van der Waals surface area contributed by atoms with Gasteiger partial charge in [-0.25, -0.2) is 0 Å². The summed E-state index contributed by atoms with van der Waals surface area (Å²) in [5.41, 5.74) is 1.49. The standard InChI is InChI=1S/C20H32O2/c1-3-4-5-6-17-7-9-18(10-8-17)19-11-13-20(14-12-19)22-16-15-21-2/h11-14,17-18H,3-10,15-16H2,1-2H3. The number of rotatable bonds is 9. The molecule has 0 amide bonds. The molecule has 0 aromatic heterocycles. The molecule has 1 aliphatic rings. The molecule has 0 N–H and O–H groups in total. The van der Waals surface area contributed by atoms with Crippen LogP contribution in [0.1, 0.15) is 69.8 Å². The number of benzene rings is 1. The Labute approximate surface area is 136 Å². The first-order chi connectivity index (χ1) is 10.8. The lowest BCUT2D eigenvalue weighted by Gasteiger charge is -2.29. The summed E-state index contributed by atoms with van der Waals surface area (Å²) in [6.07, 6.45) is 11.2. The van der Waals surface area contributed by atoms with E-state index in [2.05, 4.69) is 31.2 Å². The number of unbranched alkanes of at least 4 members (excludes halogenated alkanes) is 2. The van der Waals surface area contributed by atoms with Crippen molar-refractivity contribution in [3.05, 3.63) is 29.8 Å². The van der Waals surface area contributed by atoms with Crippen LogP contribution >= 0.6 is 0 Å². The van der Waals surface area contributed by atoms with Crippen LogP contribution in [-0.4, -0.2) is 20.3 Å². The average molecular weight is 304 g/mol. The normalized spacial score (nSPS) is 21.7. The fraction of sp³-hybridized carbons (Fsp3) is 0.700. The van der Waals surface area contributed by atoms with E-state index in [1.165, 1.54) is 56.9 Å². The zero-order chi connectivity index (χ0) is 15.6. The zero-order valence-corrected chi connectivity index (χ0v) is 14.4. The highest BCUT2D eigenvalue weighted by Crippen LogP contribution is 2.38. The minimum atomic E-state index is 0.624. The van der Waals surface area contributed by atoms with Crippen molar-refractivity contribution in [3.8, 4) is 5.75 Å². The van der Waals surface area contributed by atoms with E-state index in [4.69, 9.17) is 9.47 Å². The second-order valence-electron chi connectivity index (χ2n) is 6.62. The molecule has 0 unspecified atom stereocenters. The molecule has 1 aromatic carbocycles. The second-order valence-corrected chi connectivity index (χ2v) is 6.62. The Kier molecular flexibility index (Phi) is 7.79. The van der Waals surface area contributed by atoms with Gasteiger partial charge in [0.05, 0.1) is 6.61 Å². The Morgan fingerprint density at radius 2 is 1.68 bits per heavy atom. The summed E-state index contributed by atoms with van der Waals surface area (Å²) in [7, 11) is 1.70. The molecule has 0 bridgehead atoms. The van der Waals surface area contributed by atoms with Crippen molar-refractivity contribution < 1.29 is 9.47 Å². The van der Waals surface area contributed by atoms with Crippen LogP contribution < -0.4 is 4.74 Å². The first-order valence-corrected chi connectivity index (χ1v) is 9.05. The quantitative estimate of drug-likeness (QED) is 0.556. The van der Waals surface area contributed by atoms with Gasteiger partial charge < -0.3 is 9.47 Å². The van der Waals surface area contributed by atoms with Crippen molar-refractivity contribution in [2.24, 2.45) is 5.92 Å². The SMILES string of the molecule is CCCCCC1CCC(c2ccc(OCCOC)cc2)CC1. The van der Waals surface area contributed by atoms with Gasteiger partial charge in [-0.1, -0.05) is 44.7 Å². The van der Waals surface area contributed by atoms with E-state index in [1.807, 2.05) is 0 Å². The van der Waals surface area contributed by atoms with Crippen molar-refractivity contribution in [2.75, 3.05) is 20.3 Å². The van der Waals surface area contributed by atoms with Crippen LogP contribution in [0.4, 0.5) is 0 Å². The van der Waals surface area contributed by atoms with Crippen LogP contribution in [0.15, 0.2) is 24.3 Å². The van der Waals surface area contributed by atoms with Crippen molar-refractivity contribution in [3.63, 3.8) is 0 Å². The van der Waals surface area contributed by atoms with Gasteiger partial charge in [0.2, 0.25) is 0 Å². The molecule has 1 aliphatic carbocycles. The summed E-state index contributed by atoms with van der Waals surface area (Å²) in [5, 5.41) is 0. The van der Waals surface area contributed by atoms with Gasteiger partial charge in [-0.15, -0.1) is 0 Å². The molecule has 2 heteroatoms. The largest absolute Gasteiger partial charge is 0.491 e. The van der Waals surface area contributed by atoms with E-state index < -0.39 is 0 Å². The summed E-state index contributed by atoms with van der Waals surface area (Å²) in [6, 6.07) is 8.73. The zero-order valence-electron chi connectivity index (χ0n) is 14.4. The van der Waals surface area contributed by atoms with Crippen molar-refractivity contribution in [1.29, 1.82) is 0 Å². The van der Waals surface area contributed by atoms with Gasteiger partial charge in [0, 0.05) is 7.11 Å². The first kappa shape index (κ1) is 17.3. The third-order valence-corrected chi connectivity index (χ3v) is 4.97. The predicted octanol–water partition coefficient (Wildman–Crippen LogP) is 5.57. The molecular formula is C20H32O2. The predicted molar refractivity (Wildman–Crippen MR) is 92.7 cm³/mol. The van der Waals surface area contributed by atoms with Crippen molar-refractivity contribution >= 4 is 0 Å². The van der Waals surface area contributed by atoms with Gasteiger partial charge in [-0.2, -0.15) is 0 Å². The van der Waals surface area contributed by atoms with Gasteiger partial charge in [0.15, 0.2) is 0 Å². The second kappa shape index (κ2) is 9.89. The maximum absolute atomic E-state index is 5.64. The highest BCUT2D eigenvalue weighted by molar-refractivity contribution is 5.29. The van der Waals surface area contributed by atoms with Gasteiger partial charge in [-0.3, -0.25) is 0 Å². The third-order valence-electron chi connectivity index (χ3n) is 4.97. The summed E-state index contributed by atoms with van der Waals surface area (Å²) in [5.74, 6) is 2.70. The van der Waals surface area contributed by atoms with E-state index in [9.17, 15) is 0 Å². The summed E-state index contributed by atoms with van der Waals surface area (Å²) in [6.45, 7) is 3.56. The van der Waals surface area contributed by atoms with Crippen LogP contribution in [0.5, 0.6) is 5.75 Å². The Balaban J connectivity index is 1.74. The average Bonchev–Trinajstić information content (AvgIpc) is 2.57. The lowest BCUT2D eigenvalue weighted by Crippen LogP contribution is -2.13. The fourth-order valence-corrected chi connectivity index (χ4v) is 3.55. The summed E-state index contributed by atoms with van der Waals surface area (Å²) in [4.78, 5) is 0. The molecule has 0 spiro atoms. The van der Waals surface area contributed by atoms with Crippen LogP contribution in [0.2, 0.25) is 0 Å². The van der Waals surface area contributed by atoms with Crippen LogP contribution in [0, 0.1) is 5.92 Å². The van der Waals surface area contributed by atoms with E-state index in [0.29, 0.717) is 13.2 Å². The molecule has 22 heavy (non-hydrogen) atoms.